The second-order valence-electron chi connectivity index (χ2n) is 24.4. The lowest BCUT2D eigenvalue weighted by molar-refractivity contribution is 0.394. The molecule has 0 heterocycles. The summed E-state index contributed by atoms with van der Waals surface area (Å²) in [4.78, 5) is 4.98. The van der Waals surface area contributed by atoms with E-state index in [1.165, 1.54) is 125 Å². The first-order valence-corrected chi connectivity index (χ1v) is 29.1. The second kappa shape index (κ2) is 17.4. The molecule has 3 aliphatic carbocycles. The molecule has 0 N–H and O–H groups in total. The van der Waals surface area contributed by atoms with Crippen molar-refractivity contribution in [1.82, 2.24) is 0 Å². The Hall–Kier alpha value is -9.76. The van der Waals surface area contributed by atoms with E-state index in [0.717, 1.165) is 28.4 Å². The molecule has 0 radical (unpaired) electrons. The van der Waals surface area contributed by atoms with E-state index in [1.807, 2.05) is 0 Å². The van der Waals surface area contributed by atoms with Gasteiger partial charge in [0.25, 0.3) is 0 Å². The Balaban J connectivity index is 0.835. The molecular weight excluding hydrogens is 989 g/mol. The molecule has 2 heteroatoms. The zero-order valence-electron chi connectivity index (χ0n) is 46.5. The molecule has 2 unspecified atom stereocenters. The molecule has 14 aromatic rings. The van der Waals surface area contributed by atoms with E-state index in [9.17, 15) is 0 Å². The summed E-state index contributed by atoms with van der Waals surface area (Å²) in [5.74, 6) is 0.810. The summed E-state index contributed by atoms with van der Waals surface area (Å²) in [6, 6.07) is 92.2. The Kier molecular flexibility index (Phi) is 9.98. The largest absolute Gasteiger partial charge is 0.310 e. The number of nitrogens with zero attached hydrogens (tertiary/aromatic N) is 2. The van der Waals surface area contributed by atoms with E-state index in [1.54, 1.807) is 0 Å². The first-order chi connectivity index (χ1) is 40.2. The molecule has 0 saturated heterocycles. The summed E-state index contributed by atoms with van der Waals surface area (Å²) in [6.07, 6.45) is 9.29. The third-order valence-electron chi connectivity index (χ3n) is 19.4. The summed E-state index contributed by atoms with van der Waals surface area (Å²) in [6.45, 7) is 9.62. The Labute approximate surface area is 478 Å². The SMILES string of the molecule is CC1(C)c2ccccc2-c2ccc(N(c3ccc4c(ccc5ccccc54)c3)c3ccc4c(ccc5c6ccc(N(c7ccc8c(c7)C(C)(C)C7C=CC=CC87)c7ccc8c(ccc9ccccc98)c7)cc6c6ccccc6c45)c3)cc21. The minimum atomic E-state index is -0.138. The van der Waals surface area contributed by atoms with E-state index >= 15 is 0 Å². The van der Waals surface area contributed by atoms with Gasteiger partial charge in [-0.05, 0) is 204 Å². The zero-order chi connectivity index (χ0) is 54.6. The van der Waals surface area contributed by atoms with Gasteiger partial charge in [-0.25, -0.2) is 0 Å². The van der Waals surface area contributed by atoms with Crippen molar-refractivity contribution in [2.45, 2.75) is 44.4 Å². The van der Waals surface area contributed by atoms with Gasteiger partial charge in [-0.1, -0.05) is 222 Å². The molecule has 0 saturated carbocycles. The lowest BCUT2D eigenvalue weighted by Crippen LogP contribution is -2.24. The van der Waals surface area contributed by atoms with Crippen LogP contribution in [0.1, 0.15) is 55.9 Å². The molecule has 0 amide bonds. The fraction of sp³-hybridized carbons (Fsp3) is 0.100. The summed E-state index contributed by atoms with van der Waals surface area (Å²) in [5.41, 5.74) is 14.9. The number of allylic oxidation sites excluding steroid dienone is 4. The summed E-state index contributed by atoms with van der Waals surface area (Å²) in [7, 11) is 0. The van der Waals surface area contributed by atoms with Crippen LogP contribution in [0.3, 0.4) is 0 Å². The highest BCUT2D eigenvalue weighted by Crippen LogP contribution is 2.55. The minimum Gasteiger partial charge on any atom is -0.310 e. The molecular formula is C80H58N2. The maximum Gasteiger partial charge on any atom is 0.0468 e. The number of anilines is 6. The molecule has 2 nitrogen and oxygen atoms in total. The average molecular weight is 1050 g/mol. The van der Waals surface area contributed by atoms with Gasteiger partial charge in [0.05, 0.1) is 0 Å². The van der Waals surface area contributed by atoms with Crippen molar-refractivity contribution in [1.29, 1.82) is 0 Å². The van der Waals surface area contributed by atoms with Gasteiger partial charge >= 0.3 is 0 Å². The van der Waals surface area contributed by atoms with Crippen LogP contribution in [0.4, 0.5) is 34.1 Å². The Morgan fingerprint density at radius 2 is 0.720 bits per heavy atom. The highest BCUT2D eigenvalue weighted by molar-refractivity contribution is 6.32. The van der Waals surface area contributed by atoms with Gasteiger partial charge in [-0.3, -0.25) is 0 Å². The van der Waals surface area contributed by atoms with E-state index in [0.29, 0.717) is 11.8 Å². The summed E-state index contributed by atoms with van der Waals surface area (Å²) in [5, 5.41) is 20.0. The number of hydrogen-bond donors (Lipinski definition) is 0. The van der Waals surface area contributed by atoms with Crippen molar-refractivity contribution in [2.24, 2.45) is 5.92 Å². The Morgan fingerprint density at radius 1 is 0.293 bits per heavy atom. The van der Waals surface area contributed by atoms with Gasteiger partial charge in [0, 0.05) is 45.5 Å². The van der Waals surface area contributed by atoms with Crippen LogP contribution in [0.25, 0.3) is 97.3 Å². The van der Waals surface area contributed by atoms with Gasteiger partial charge in [0.1, 0.15) is 0 Å². The lowest BCUT2D eigenvalue weighted by atomic mass is 9.74. The molecule has 0 aromatic heterocycles. The zero-order valence-corrected chi connectivity index (χ0v) is 46.5. The van der Waals surface area contributed by atoms with Gasteiger partial charge in [-0.15, -0.1) is 0 Å². The highest BCUT2D eigenvalue weighted by atomic mass is 15.1. The van der Waals surface area contributed by atoms with Crippen LogP contribution < -0.4 is 9.80 Å². The van der Waals surface area contributed by atoms with Crippen molar-refractivity contribution in [3.8, 4) is 11.1 Å². The van der Waals surface area contributed by atoms with Crippen LogP contribution >= 0.6 is 0 Å². The van der Waals surface area contributed by atoms with Crippen LogP contribution in [0.2, 0.25) is 0 Å². The average Bonchev–Trinajstić information content (AvgIpc) is 2.82. The van der Waals surface area contributed by atoms with Gasteiger partial charge in [0.15, 0.2) is 0 Å². The molecule has 0 fully saturated rings. The van der Waals surface area contributed by atoms with Crippen LogP contribution in [0.5, 0.6) is 0 Å². The normalized spacial score (nSPS) is 16.4. The topological polar surface area (TPSA) is 6.48 Å². The van der Waals surface area contributed by atoms with E-state index in [4.69, 9.17) is 0 Å². The first-order valence-electron chi connectivity index (χ1n) is 29.1. The highest BCUT2D eigenvalue weighted by Gasteiger charge is 2.45. The van der Waals surface area contributed by atoms with Crippen LogP contribution in [0, 0.1) is 5.92 Å². The molecule has 2 atom stereocenters. The van der Waals surface area contributed by atoms with Crippen LogP contribution in [-0.4, -0.2) is 0 Å². The van der Waals surface area contributed by atoms with Crippen molar-refractivity contribution < 1.29 is 0 Å². The number of rotatable bonds is 6. The monoisotopic (exact) mass is 1050 g/mol. The predicted molar refractivity (Wildman–Crippen MR) is 351 cm³/mol. The van der Waals surface area contributed by atoms with Gasteiger partial charge < -0.3 is 9.80 Å². The summed E-state index contributed by atoms with van der Waals surface area (Å²) < 4.78 is 0. The molecule has 14 aromatic carbocycles. The van der Waals surface area contributed by atoms with E-state index < -0.39 is 0 Å². The van der Waals surface area contributed by atoms with Crippen molar-refractivity contribution in [3.63, 3.8) is 0 Å². The molecule has 388 valence electrons. The molecule has 0 aliphatic heterocycles. The standard InChI is InChI=1S/C80H58N2/c1-79(2)74-23-13-11-20-67(74)69-41-34-58(47-76(69)79)81(54-30-37-62-51(43-54)27-25-49-15-5-7-17-60(49)62)56-32-39-64-53(45-56)29-36-72-66-40-33-57(46-73(66)65-19-9-10-22-71(65)78(64)72)82(55-31-38-63-52(44-55)28-26-50-16-6-8-18-61(50)63)59-35-42-70-68-21-12-14-24-75(68)80(3,4)77(70)48-59/h5-48,68,75H,1-4H3. The number of fused-ring (bicyclic) bond motifs is 20. The number of hydrogen-bond acceptors (Lipinski definition) is 2. The van der Waals surface area contributed by atoms with Crippen LogP contribution in [0.15, 0.2) is 267 Å². The molecule has 82 heavy (non-hydrogen) atoms. The molecule has 17 rings (SSSR count). The van der Waals surface area contributed by atoms with Gasteiger partial charge in [-0.2, -0.15) is 0 Å². The van der Waals surface area contributed by atoms with E-state index in [-0.39, 0.29) is 10.8 Å². The Morgan fingerprint density at radius 3 is 1.40 bits per heavy atom. The fourth-order valence-corrected chi connectivity index (χ4v) is 15.3. The van der Waals surface area contributed by atoms with Crippen molar-refractivity contribution in [3.05, 3.63) is 289 Å². The Bertz CT molecular complexity index is 5130. The van der Waals surface area contributed by atoms with Crippen molar-refractivity contribution >= 4 is 120 Å². The molecule has 0 bridgehead atoms. The fourth-order valence-electron chi connectivity index (χ4n) is 15.3. The smallest absolute Gasteiger partial charge is 0.0468 e. The lowest BCUT2D eigenvalue weighted by Gasteiger charge is -2.30. The molecule has 3 aliphatic rings. The van der Waals surface area contributed by atoms with Crippen molar-refractivity contribution in [2.75, 3.05) is 9.80 Å². The maximum absolute atomic E-state index is 2.50. The number of benzene rings is 14. The first kappa shape index (κ1) is 47.1. The van der Waals surface area contributed by atoms with Gasteiger partial charge in [0.2, 0.25) is 0 Å². The quantitative estimate of drug-likeness (QED) is 0.153. The minimum absolute atomic E-state index is 0.0241. The van der Waals surface area contributed by atoms with Crippen LogP contribution in [-0.2, 0) is 10.8 Å². The third kappa shape index (κ3) is 6.82. The second-order valence-corrected chi connectivity index (χ2v) is 24.4. The predicted octanol–water partition coefficient (Wildman–Crippen LogP) is 22.3. The third-order valence-corrected chi connectivity index (χ3v) is 19.4. The maximum atomic E-state index is 2.50. The molecule has 0 spiro atoms. The van der Waals surface area contributed by atoms with E-state index in [2.05, 4.69) is 304 Å². The summed E-state index contributed by atoms with van der Waals surface area (Å²) >= 11 is 0.